The van der Waals surface area contributed by atoms with Gasteiger partial charge < -0.3 is 10.6 Å². The van der Waals surface area contributed by atoms with Gasteiger partial charge in [0.25, 0.3) is 0 Å². The topological polar surface area (TPSA) is 46.3 Å². The minimum Gasteiger partial charge on any atom is -0.347 e. The molecule has 0 aliphatic heterocycles. The van der Waals surface area contributed by atoms with E-state index in [4.69, 9.17) is 17.3 Å². The molecule has 0 aliphatic rings. The molecule has 0 heterocycles. The van der Waals surface area contributed by atoms with Crippen molar-refractivity contribution < 1.29 is 4.79 Å². The van der Waals surface area contributed by atoms with Gasteiger partial charge in [-0.2, -0.15) is 0 Å². The van der Waals surface area contributed by atoms with Crippen LogP contribution in [0.1, 0.15) is 6.42 Å². The summed E-state index contributed by atoms with van der Waals surface area (Å²) in [6, 6.07) is -0.438. The number of carbonyl (C=O) groups is 1. The van der Waals surface area contributed by atoms with Crippen LogP contribution >= 0.6 is 11.6 Å². The molecule has 0 aromatic rings. The summed E-state index contributed by atoms with van der Waals surface area (Å²) in [6.45, 7) is 0. The van der Waals surface area contributed by atoms with E-state index in [9.17, 15) is 4.79 Å². The second-order valence-electron chi connectivity index (χ2n) is 2.32. The maximum atomic E-state index is 11.0. The zero-order chi connectivity index (χ0) is 8.15. The van der Waals surface area contributed by atoms with E-state index in [1.54, 1.807) is 14.1 Å². The first-order chi connectivity index (χ1) is 4.59. The van der Waals surface area contributed by atoms with Crippen molar-refractivity contribution in [1.82, 2.24) is 4.90 Å². The van der Waals surface area contributed by atoms with Crippen LogP contribution in [0.25, 0.3) is 0 Å². The molecule has 0 aliphatic carbocycles. The van der Waals surface area contributed by atoms with Crippen LogP contribution in [0.15, 0.2) is 0 Å². The lowest BCUT2D eigenvalue weighted by atomic mass is 10.2. The zero-order valence-corrected chi connectivity index (χ0v) is 7.06. The van der Waals surface area contributed by atoms with Gasteiger partial charge in [-0.1, -0.05) is 0 Å². The maximum absolute atomic E-state index is 11.0. The highest BCUT2D eigenvalue weighted by Gasteiger charge is 2.13. The lowest BCUT2D eigenvalue weighted by Crippen LogP contribution is -2.39. The van der Waals surface area contributed by atoms with E-state index in [-0.39, 0.29) is 5.91 Å². The summed E-state index contributed by atoms with van der Waals surface area (Å²) in [4.78, 5) is 12.4. The summed E-state index contributed by atoms with van der Waals surface area (Å²) < 4.78 is 0. The fourth-order valence-electron chi connectivity index (χ4n) is 0.573. The van der Waals surface area contributed by atoms with Crippen LogP contribution in [0, 0.1) is 0 Å². The monoisotopic (exact) mass is 164 g/mol. The number of rotatable bonds is 3. The Morgan fingerprint density at radius 3 is 2.50 bits per heavy atom. The third-order valence-corrected chi connectivity index (χ3v) is 1.40. The van der Waals surface area contributed by atoms with Gasteiger partial charge >= 0.3 is 0 Å². The molecule has 0 unspecified atom stereocenters. The third kappa shape index (κ3) is 3.03. The highest BCUT2D eigenvalue weighted by Crippen LogP contribution is 1.94. The zero-order valence-electron chi connectivity index (χ0n) is 6.30. The summed E-state index contributed by atoms with van der Waals surface area (Å²) >= 11 is 5.39. The number of alkyl halides is 1. The molecular weight excluding hydrogens is 152 g/mol. The van der Waals surface area contributed by atoms with Crippen LogP contribution < -0.4 is 5.73 Å². The molecule has 0 saturated carbocycles. The van der Waals surface area contributed by atoms with E-state index in [2.05, 4.69) is 0 Å². The molecule has 4 heteroatoms. The molecule has 3 nitrogen and oxygen atoms in total. The van der Waals surface area contributed by atoms with E-state index in [0.29, 0.717) is 12.3 Å². The first kappa shape index (κ1) is 9.72. The van der Waals surface area contributed by atoms with E-state index in [1.807, 2.05) is 0 Å². The van der Waals surface area contributed by atoms with Crippen molar-refractivity contribution in [3.63, 3.8) is 0 Å². The van der Waals surface area contributed by atoms with Crippen LogP contribution in [0.3, 0.4) is 0 Å². The third-order valence-electron chi connectivity index (χ3n) is 1.18. The fourth-order valence-corrected chi connectivity index (χ4v) is 0.808. The summed E-state index contributed by atoms with van der Waals surface area (Å²) in [6.07, 6.45) is 0.540. The van der Waals surface area contributed by atoms with Crippen molar-refractivity contribution in [1.29, 1.82) is 0 Å². The minimum absolute atomic E-state index is 0.0688. The highest BCUT2D eigenvalue weighted by atomic mass is 35.5. The fraction of sp³-hybridized carbons (Fsp3) is 0.833. The van der Waals surface area contributed by atoms with Gasteiger partial charge in [-0.25, -0.2) is 0 Å². The van der Waals surface area contributed by atoms with E-state index in [0.717, 1.165) is 0 Å². The van der Waals surface area contributed by atoms with Gasteiger partial charge in [0.05, 0.1) is 6.04 Å². The van der Waals surface area contributed by atoms with Gasteiger partial charge in [0.1, 0.15) is 0 Å². The molecule has 1 atom stereocenters. The van der Waals surface area contributed by atoms with Crippen LogP contribution in [-0.2, 0) is 4.79 Å². The van der Waals surface area contributed by atoms with Crippen molar-refractivity contribution in [3.8, 4) is 0 Å². The molecule has 10 heavy (non-hydrogen) atoms. The first-order valence-electron chi connectivity index (χ1n) is 3.12. The number of carbonyl (C=O) groups excluding carboxylic acids is 1. The number of hydrogen-bond acceptors (Lipinski definition) is 2. The predicted octanol–water partition coefficient (Wildman–Crippen LogP) is 0.0308. The van der Waals surface area contributed by atoms with Gasteiger partial charge in [0.2, 0.25) is 5.91 Å². The van der Waals surface area contributed by atoms with Gasteiger partial charge in [-0.05, 0) is 6.42 Å². The molecule has 0 rings (SSSR count). The highest BCUT2D eigenvalue weighted by molar-refractivity contribution is 6.18. The number of hydrogen-bond donors (Lipinski definition) is 1. The van der Waals surface area contributed by atoms with E-state index < -0.39 is 6.04 Å². The van der Waals surface area contributed by atoms with Gasteiger partial charge in [0.15, 0.2) is 0 Å². The molecule has 0 spiro atoms. The SMILES string of the molecule is CN(C)C(=O)[C@@H](N)CCCl. The number of halogens is 1. The second-order valence-corrected chi connectivity index (χ2v) is 2.69. The molecular formula is C6H13ClN2O. The molecule has 0 fully saturated rings. The molecule has 0 bridgehead atoms. The molecule has 0 radical (unpaired) electrons. The summed E-state index contributed by atoms with van der Waals surface area (Å²) in [5, 5.41) is 0. The summed E-state index contributed by atoms with van der Waals surface area (Å²) in [5.41, 5.74) is 5.45. The number of nitrogens with two attached hydrogens (primary N) is 1. The lowest BCUT2D eigenvalue weighted by Gasteiger charge is -2.14. The van der Waals surface area contributed by atoms with Crippen LogP contribution in [-0.4, -0.2) is 36.8 Å². The van der Waals surface area contributed by atoms with Crippen LogP contribution in [0.4, 0.5) is 0 Å². The quantitative estimate of drug-likeness (QED) is 0.599. The first-order valence-corrected chi connectivity index (χ1v) is 3.65. The summed E-state index contributed by atoms with van der Waals surface area (Å²) in [7, 11) is 3.35. The molecule has 0 aromatic heterocycles. The Morgan fingerprint density at radius 2 is 2.20 bits per heavy atom. The Balaban J connectivity index is 3.71. The number of likely N-dealkylation sites (N-methyl/N-ethyl adjacent to an activating group) is 1. The number of amides is 1. The number of nitrogens with zero attached hydrogens (tertiary/aromatic N) is 1. The van der Waals surface area contributed by atoms with Gasteiger partial charge in [-0.15, -0.1) is 11.6 Å². The second kappa shape index (κ2) is 4.52. The Labute approximate surface area is 66.1 Å². The molecule has 1 amide bonds. The smallest absolute Gasteiger partial charge is 0.239 e. The Bertz CT molecular complexity index is 116. The summed E-state index contributed by atoms with van der Waals surface area (Å²) in [5.74, 6) is 0.362. The minimum atomic E-state index is -0.438. The molecule has 0 aromatic carbocycles. The van der Waals surface area contributed by atoms with Crippen molar-refractivity contribution >= 4 is 17.5 Å². The maximum Gasteiger partial charge on any atom is 0.239 e. The van der Waals surface area contributed by atoms with Gasteiger partial charge in [-0.3, -0.25) is 4.79 Å². The average molecular weight is 165 g/mol. The van der Waals surface area contributed by atoms with Crippen molar-refractivity contribution in [2.24, 2.45) is 5.73 Å². The predicted molar refractivity (Wildman–Crippen MR) is 42.0 cm³/mol. The Hall–Kier alpha value is -0.280. The van der Waals surface area contributed by atoms with Crippen LogP contribution in [0.5, 0.6) is 0 Å². The van der Waals surface area contributed by atoms with E-state index in [1.165, 1.54) is 4.90 Å². The normalized spacial score (nSPS) is 12.8. The Morgan fingerprint density at radius 1 is 1.70 bits per heavy atom. The molecule has 0 saturated heterocycles. The van der Waals surface area contributed by atoms with Crippen molar-refractivity contribution in [2.45, 2.75) is 12.5 Å². The van der Waals surface area contributed by atoms with Crippen molar-refractivity contribution in [3.05, 3.63) is 0 Å². The molecule has 2 N–H and O–H groups in total. The van der Waals surface area contributed by atoms with Crippen molar-refractivity contribution in [2.75, 3.05) is 20.0 Å². The largest absolute Gasteiger partial charge is 0.347 e. The lowest BCUT2D eigenvalue weighted by molar-refractivity contribution is -0.130. The molecule has 60 valence electrons. The van der Waals surface area contributed by atoms with E-state index >= 15 is 0 Å². The Kier molecular flexibility index (Phi) is 4.40. The van der Waals surface area contributed by atoms with Gasteiger partial charge in [0, 0.05) is 20.0 Å². The standard InChI is InChI=1S/C6H13ClN2O/c1-9(2)6(10)5(8)3-4-7/h5H,3-4,8H2,1-2H3/t5-/m0/s1. The average Bonchev–Trinajstić information content (AvgIpc) is 1.87. The van der Waals surface area contributed by atoms with Crippen LogP contribution in [0.2, 0.25) is 0 Å².